The first-order valence-corrected chi connectivity index (χ1v) is 8.58. The van der Waals surface area contributed by atoms with E-state index in [2.05, 4.69) is 20.8 Å². The number of benzene rings is 1. The van der Waals surface area contributed by atoms with Crippen LogP contribution in [0.2, 0.25) is 0 Å². The van der Waals surface area contributed by atoms with E-state index in [-0.39, 0.29) is 30.3 Å². The third-order valence-corrected chi connectivity index (χ3v) is 4.05. The molecule has 9 nitrogen and oxygen atoms in total. The molecule has 0 saturated carbocycles. The van der Waals surface area contributed by atoms with Gasteiger partial charge in [0.1, 0.15) is 12.1 Å². The number of carbonyl (C=O) groups is 2. The molecular formula is C17H22N6O3. The molecule has 1 aliphatic rings. The predicted molar refractivity (Wildman–Crippen MR) is 93.5 cm³/mol. The van der Waals surface area contributed by atoms with Crippen LogP contribution in [0.1, 0.15) is 20.3 Å². The quantitative estimate of drug-likeness (QED) is 0.779. The van der Waals surface area contributed by atoms with Crippen LogP contribution in [0.5, 0.6) is 5.75 Å². The summed E-state index contributed by atoms with van der Waals surface area (Å²) in [7, 11) is 0. The van der Waals surface area contributed by atoms with Gasteiger partial charge in [0, 0.05) is 25.2 Å². The van der Waals surface area contributed by atoms with Gasteiger partial charge in [0.05, 0.1) is 18.6 Å². The van der Waals surface area contributed by atoms with Gasteiger partial charge in [-0.1, -0.05) is 0 Å². The van der Waals surface area contributed by atoms with Gasteiger partial charge >= 0.3 is 0 Å². The minimum atomic E-state index is -0.358. The molecule has 0 bridgehead atoms. The van der Waals surface area contributed by atoms with Gasteiger partial charge in [-0.15, -0.1) is 5.10 Å². The van der Waals surface area contributed by atoms with Crippen LogP contribution in [-0.4, -0.2) is 51.2 Å². The van der Waals surface area contributed by atoms with E-state index in [4.69, 9.17) is 4.74 Å². The topological polar surface area (TPSA) is 102 Å². The maximum Gasteiger partial charge on any atom is 0.227 e. The van der Waals surface area contributed by atoms with E-state index < -0.39 is 0 Å². The number of amides is 2. The number of hydrogen-bond acceptors (Lipinski definition) is 6. The lowest BCUT2D eigenvalue weighted by atomic mass is 10.1. The summed E-state index contributed by atoms with van der Waals surface area (Å²) >= 11 is 0. The molecule has 2 heterocycles. The molecule has 0 spiro atoms. The smallest absolute Gasteiger partial charge is 0.227 e. The number of ether oxygens (including phenoxy) is 1. The Bertz CT molecular complexity index is 744. The van der Waals surface area contributed by atoms with Crippen LogP contribution < -0.4 is 15.0 Å². The molecule has 1 aromatic carbocycles. The zero-order chi connectivity index (χ0) is 18.5. The SMILES string of the molecule is CC(C)Oc1ccc(N2C[C@@H](C(=O)NCCn3cnnn3)CC2=O)cc1. The highest BCUT2D eigenvalue weighted by Gasteiger charge is 2.34. The number of hydrogen-bond donors (Lipinski definition) is 1. The molecule has 138 valence electrons. The third-order valence-electron chi connectivity index (χ3n) is 4.05. The number of nitrogens with one attached hydrogen (secondary N) is 1. The van der Waals surface area contributed by atoms with Gasteiger partial charge in [0.2, 0.25) is 11.8 Å². The molecule has 0 radical (unpaired) electrons. The molecule has 1 N–H and O–H groups in total. The summed E-state index contributed by atoms with van der Waals surface area (Å²) in [6, 6.07) is 7.35. The maximum absolute atomic E-state index is 12.3. The van der Waals surface area contributed by atoms with Gasteiger partial charge in [-0.2, -0.15) is 0 Å². The minimum absolute atomic E-state index is 0.0526. The molecule has 1 fully saturated rings. The molecule has 0 unspecified atom stereocenters. The van der Waals surface area contributed by atoms with E-state index >= 15 is 0 Å². The third kappa shape index (κ3) is 4.35. The van der Waals surface area contributed by atoms with E-state index in [1.54, 1.807) is 4.90 Å². The number of anilines is 1. The van der Waals surface area contributed by atoms with E-state index in [1.165, 1.54) is 11.0 Å². The number of rotatable bonds is 7. The Labute approximate surface area is 151 Å². The van der Waals surface area contributed by atoms with Crippen molar-refractivity contribution in [3.8, 4) is 5.75 Å². The Morgan fingerprint density at radius 1 is 1.35 bits per heavy atom. The van der Waals surface area contributed by atoms with Crippen molar-refractivity contribution in [2.24, 2.45) is 5.92 Å². The largest absolute Gasteiger partial charge is 0.491 e. The van der Waals surface area contributed by atoms with Gasteiger partial charge in [0.15, 0.2) is 0 Å². The summed E-state index contributed by atoms with van der Waals surface area (Å²) in [5.41, 5.74) is 0.773. The van der Waals surface area contributed by atoms with Crippen LogP contribution in [0.4, 0.5) is 5.69 Å². The summed E-state index contributed by atoms with van der Waals surface area (Å²) in [5, 5.41) is 13.6. The standard InChI is InChI=1S/C17H22N6O3/c1-12(2)26-15-5-3-14(4-6-15)23-10-13(9-16(23)24)17(25)18-7-8-22-11-19-20-21-22/h3-6,11-13H,7-10H2,1-2H3,(H,18,25)/t13-/m0/s1. The summed E-state index contributed by atoms with van der Waals surface area (Å²) in [4.78, 5) is 26.2. The first-order valence-electron chi connectivity index (χ1n) is 8.58. The van der Waals surface area contributed by atoms with Gasteiger partial charge in [0.25, 0.3) is 0 Å². The van der Waals surface area contributed by atoms with Crippen LogP contribution >= 0.6 is 0 Å². The van der Waals surface area contributed by atoms with Crippen molar-refractivity contribution in [2.75, 3.05) is 18.0 Å². The Hall–Kier alpha value is -2.97. The molecule has 1 atom stereocenters. The van der Waals surface area contributed by atoms with E-state index in [0.29, 0.717) is 19.6 Å². The van der Waals surface area contributed by atoms with Crippen LogP contribution in [0, 0.1) is 5.92 Å². The van der Waals surface area contributed by atoms with Gasteiger partial charge in [-0.3, -0.25) is 9.59 Å². The maximum atomic E-state index is 12.3. The van der Waals surface area contributed by atoms with Crippen LogP contribution in [0.15, 0.2) is 30.6 Å². The lowest BCUT2D eigenvalue weighted by Crippen LogP contribution is -2.34. The Balaban J connectivity index is 1.53. The van der Waals surface area contributed by atoms with Crippen LogP contribution in [0.25, 0.3) is 0 Å². The Kier molecular flexibility index (Phi) is 5.45. The highest BCUT2D eigenvalue weighted by molar-refractivity contribution is 6.00. The fourth-order valence-electron chi connectivity index (χ4n) is 2.83. The van der Waals surface area contributed by atoms with E-state index in [1.807, 2.05) is 38.1 Å². The second-order valence-corrected chi connectivity index (χ2v) is 6.43. The molecular weight excluding hydrogens is 336 g/mol. The van der Waals surface area contributed by atoms with Crippen molar-refractivity contribution in [1.82, 2.24) is 25.5 Å². The van der Waals surface area contributed by atoms with Crippen LogP contribution in [0.3, 0.4) is 0 Å². The lowest BCUT2D eigenvalue weighted by Gasteiger charge is -2.18. The first kappa shape index (κ1) is 17.8. The zero-order valence-corrected chi connectivity index (χ0v) is 14.8. The average Bonchev–Trinajstić information content (AvgIpc) is 3.25. The molecule has 3 rings (SSSR count). The van der Waals surface area contributed by atoms with Crippen molar-refractivity contribution in [3.05, 3.63) is 30.6 Å². The summed E-state index contributed by atoms with van der Waals surface area (Å²) in [5.74, 6) is 0.215. The highest BCUT2D eigenvalue weighted by atomic mass is 16.5. The molecule has 26 heavy (non-hydrogen) atoms. The molecule has 1 saturated heterocycles. The zero-order valence-electron chi connectivity index (χ0n) is 14.8. The fourth-order valence-corrected chi connectivity index (χ4v) is 2.83. The number of tetrazole rings is 1. The van der Waals surface area contributed by atoms with Crippen molar-refractivity contribution in [2.45, 2.75) is 32.9 Å². The van der Waals surface area contributed by atoms with Gasteiger partial charge in [-0.25, -0.2) is 4.68 Å². The first-order chi connectivity index (χ1) is 12.5. The van der Waals surface area contributed by atoms with Gasteiger partial charge < -0.3 is 15.0 Å². The van der Waals surface area contributed by atoms with Crippen LogP contribution in [-0.2, 0) is 16.1 Å². The van der Waals surface area contributed by atoms with Gasteiger partial charge in [-0.05, 0) is 48.5 Å². The molecule has 0 aliphatic carbocycles. The summed E-state index contributed by atoms with van der Waals surface area (Å²) in [6.45, 7) is 5.19. The molecule has 1 aliphatic heterocycles. The summed E-state index contributed by atoms with van der Waals surface area (Å²) in [6.07, 6.45) is 1.79. The van der Waals surface area contributed by atoms with Crippen molar-refractivity contribution >= 4 is 17.5 Å². The number of carbonyl (C=O) groups excluding carboxylic acids is 2. The monoisotopic (exact) mass is 358 g/mol. The molecule has 2 amide bonds. The predicted octanol–water partition coefficient (Wildman–Crippen LogP) is 0.630. The van der Waals surface area contributed by atoms with Crippen molar-refractivity contribution in [3.63, 3.8) is 0 Å². The Morgan fingerprint density at radius 2 is 2.12 bits per heavy atom. The fraction of sp³-hybridized carbons (Fsp3) is 0.471. The number of aromatic nitrogens is 4. The normalized spacial score (nSPS) is 17.0. The minimum Gasteiger partial charge on any atom is -0.491 e. The molecule has 9 heteroatoms. The summed E-state index contributed by atoms with van der Waals surface area (Å²) < 4.78 is 7.14. The molecule has 1 aromatic heterocycles. The van der Waals surface area contributed by atoms with E-state index in [0.717, 1.165) is 11.4 Å². The van der Waals surface area contributed by atoms with Crippen molar-refractivity contribution in [1.29, 1.82) is 0 Å². The highest BCUT2D eigenvalue weighted by Crippen LogP contribution is 2.27. The number of nitrogens with zero attached hydrogens (tertiary/aromatic N) is 5. The van der Waals surface area contributed by atoms with Crippen molar-refractivity contribution < 1.29 is 14.3 Å². The Morgan fingerprint density at radius 3 is 2.77 bits per heavy atom. The average molecular weight is 358 g/mol. The van der Waals surface area contributed by atoms with E-state index in [9.17, 15) is 9.59 Å². The second-order valence-electron chi connectivity index (χ2n) is 6.43. The molecule has 2 aromatic rings. The lowest BCUT2D eigenvalue weighted by molar-refractivity contribution is -0.126. The second kappa shape index (κ2) is 7.94.